The van der Waals surface area contributed by atoms with Gasteiger partial charge in [-0.3, -0.25) is 9.36 Å². The summed E-state index contributed by atoms with van der Waals surface area (Å²) in [5, 5.41) is 1.24. The van der Waals surface area contributed by atoms with Gasteiger partial charge in [-0.25, -0.2) is 0 Å². The molecule has 3 nitrogen and oxygen atoms in total. The summed E-state index contributed by atoms with van der Waals surface area (Å²) in [5.41, 5.74) is 5.48. The topological polar surface area (TPSA) is 25.2 Å². The summed E-state index contributed by atoms with van der Waals surface area (Å²) in [6.07, 6.45) is 4.45. The van der Waals surface area contributed by atoms with Crippen LogP contribution in [0.1, 0.15) is 34.5 Å². The van der Waals surface area contributed by atoms with E-state index in [1.54, 1.807) is 0 Å². The molecule has 0 radical (unpaired) electrons. The Kier molecular flexibility index (Phi) is 3.64. The molecule has 1 aliphatic rings. The molecule has 1 aliphatic carbocycles. The lowest BCUT2D eigenvalue weighted by Crippen LogP contribution is -2.17. The lowest BCUT2D eigenvalue weighted by Gasteiger charge is -2.16. The van der Waals surface area contributed by atoms with Crippen LogP contribution in [0.3, 0.4) is 0 Å². The summed E-state index contributed by atoms with van der Waals surface area (Å²) < 4.78 is 1.95. The molecule has 24 heavy (non-hydrogen) atoms. The number of aromatic nitrogens is 1. The van der Waals surface area contributed by atoms with Crippen molar-refractivity contribution < 1.29 is 4.79 Å². The van der Waals surface area contributed by atoms with Gasteiger partial charge in [-0.05, 0) is 61.6 Å². The van der Waals surface area contributed by atoms with Crippen LogP contribution in [0.5, 0.6) is 0 Å². The molecule has 0 spiro atoms. The highest BCUT2D eigenvalue weighted by Crippen LogP contribution is 2.32. The van der Waals surface area contributed by atoms with Crippen molar-refractivity contribution in [1.82, 2.24) is 4.57 Å². The van der Waals surface area contributed by atoms with Crippen molar-refractivity contribution in [2.45, 2.75) is 25.7 Å². The second-order valence-corrected chi connectivity index (χ2v) is 6.73. The fourth-order valence-corrected chi connectivity index (χ4v) is 3.76. The maximum absolute atomic E-state index is 13.2. The predicted molar refractivity (Wildman–Crippen MR) is 99.1 cm³/mol. The van der Waals surface area contributed by atoms with E-state index >= 15 is 0 Å². The van der Waals surface area contributed by atoms with Crippen LogP contribution in [-0.4, -0.2) is 24.6 Å². The van der Waals surface area contributed by atoms with Gasteiger partial charge >= 0.3 is 0 Å². The molecule has 1 aromatic heterocycles. The largest absolute Gasteiger partial charge is 0.378 e. The highest BCUT2D eigenvalue weighted by Gasteiger charge is 2.23. The Bertz CT molecular complexity index is 903. The van der Waals surface area contributed by atoms with Crippen LogP contribution in [0.2, 0.25) is 0 Å². The zero-order valence-corrected chi connectivity index (χ0v) is 14.2. The zero-order chi connectivity index (χ0) is 16.7. The summed E-state index contributed by atoms with van der Waals surface area (Å²) in [7, 11) is 4.01. The lowest BCUT2D eigenvalue weighted by molar-refractivity contribution is 0.0961. The van der Waals surface area contributed by atoms with Crippen molar-refractivity contribution in [3.8, 4) is 0 Å². The summed E-state index contributed by atoms with van der Waals surface area (Å²) in [6.45, 7) is 0. The first-order valence-electron chi connectivity index (χ1n) is 8.60. The van der Waals surface area contributed by atoms with Gasteiger partial charge in [-0.2, -0.15) is 0 Å². The molecule has 0 N–H and O–H groups in total. The van der Waals surface area contributed by atoms with E-state index in [1.165, 1.54) is 23.1 Å². The van der Waals surface area contributed by atoms with Crippen LogP contribution in [0.25, 0.3) is 10.9 Å². The molecule has 4 rings (SSSR count). The minimum Gasteiger partial charge on any atom is -0.378 e. The first-order valence-corrected chi connectivity index (χ1v) is 8.60. The standard InChI is InChI=1S/C21H22N2O/c1-22(2)16-13-11-15(12-14-16)21(24)23-19-9-5-3-7-17(19)18-8-4-6-10-20(18)23/h3,5,7,9,11-14H,4,6,8,10H2,1-2H3. The average Bonchev–Trinajstić information content (AvgIpc) is 2.96. The molecular weight excluding hydrogens is 296 g/mol. The highest BCUT2D eigenvalue weighted by atomic mass is 16.2. The molecule has 0 aliphatic heterocycles. The maximum atomic E-state index is 13.2. The number of carbonyl (C=O) groups is 1. The number of nitrogens with zero attached hydrogens (tertiary/aromatic N) is 2. The first-order chi connectivity index (χ1) is 11.7. The van der Waals surface area contributed by atoms with Crippen molar-refractivity contribution in [3.63, 3.8) is 0 Å². The Morgan fingerprint density at radius 3 is 2.42 bits per heavy atom. The minimum atomic E-state index is 0.0830. The van der Waals surface area contributed by atoms with Crippen LogP contribution in [0.4, 0.5) is 5.69 Å². The quantitative estimate of drug-likeness (QED) is 0.705. The monoisotopic (exact) mass is 318 g/mol. The van der Waals surface area contributed by atoms with E-state index in [2.05, 4.69) is 18.2 Å². The maximum Gasteiger partial charge on any atom is 0.262 e. The van der Waals surface area contributed by atoms with Crippen LogP contribution in [-0.2, 0) is 12.8 Å². The molecule has 0 unspecified atom stereocenters. The van der Waals surface area contributed by atoms with Crippen LogP contribution in [0, 0.1) is 0 Å². The number of para-hydroxylation sites is 1. The van der Waals surface area contributed by atoms with E-state index in [4.69, 9.17) is 0 Å². The van der Waals surface area contributed by atoms with E-state index < -0.39 is 0 Å². The second kappa shape index (κ2) is 5.82. The summed E-state index contributed by atoms with van der Waals surface area (Å²) >= 11 is 0. The average molecular weight is 318 g/mol. The molecular formula is C21H22N2O. The normalized spacial score (nSPS) is 13.8. The van der Waals surface area contributed by atoms with Gasteiger partial charge in [0.05, 0.1) is 5.52 Å². The molecule has 0 saturated carbocycles. The Balaban J connectivity index is 1.85. The van der Waals surface area contributed by atoms with E-state index in [9.17, 15) is 4.79 Å². The SMILES string of the molecule is CN(C)c1ccc(C(=O)n2c3c(c4ccccc42)CCCC3)cc1. The van der Waals surface area contributed by atoms with Gasteiger partial charge in [-0.1, -0.05) is 18.2 Å². The predicted octanol–water partition coefficient (Wildman–Crippen LogP) is 4.27. The van der Waals surface area contributed by atoms with Crippen LogP contribution < -0.4 is 4.90 Å². The summed E-state index contributed by atoms with van der Waals surface area (Å²) in [5.74, 6) is 0.0830. The van der Waals surface area contributed by atoms with Crippen molar-refractivity contribution in [2.24, 2.45) is 0 Å². The number of benzene rings is 2. The third-order valence-electron chi connectivity index (χ3n) is 5.01. The van der Waals surface area contributed by atoms with Gasteiger partial charge in [0.25, 0.3) is 5.91 Å². The number of carbonyl (C=O) groups excluding carboxylic acids is 1. The smallest absolute Gasteiger partial charge is 0.262 e. The molecule has 0 saturated heterocycles. The minimum absolute atomic E-state index is 0.0830. The fourth-order valence-electron chi connectivity index (χ4n) is 3.76. The van der Waals surface area contributed by atoms with Gasteiger partial charge < -0.3 is 4.90 Å². The number of rotatable bonds is 2. The molecule has 0 bridgehead atoms. The summed E-state index contributed by atoms with van der Waals surface area (Å²) in [4.78, 5) is 15.3. The Hall–Kier alpha value is -2.55. The lowest BCUT2D eigenvalue weighted by atomic mass is 9.95. The van der Waals surface area contributed by atoms with Crippen molar-refractivity contribution in [1.29, 1.82) is 0 Å². The van der Waals surface area contributed by atoms with Crippen molar-refractivity contribution in [3.05, 3.63) is 65.4 Å². The Morgan fingerprint density at radius 2 is 1.67 bits per heavy atom. The molecule has 3 aromatic rings. The molecule has 0 atom stereocenters. The zero-order valence-electron chi connectivity index (χ0n) is 14.2. The van der Waals surface area contributed by atoms with Gasteiger partial charge in [0.1, 0.15) is 0 Å². The number of hydrogen-bond acceptors (Lipinski definition) is 2. The molecule has 3 heteroatoms. The van der Waals surface area contributed by atoms with Crippen LogP contribution >= 0.6 is 0 Å². The highest BCUT2D eigenvalue weighted by molar-refractivity contribution is 6.04. The molecule has 122 valence electrons. The number of hydrogen-bond donors (Lipinski definition) is 0. The van der Waals surface area contributed by atoms with Gasteiger partial charge in [0, 0.05) is 36.4 Å². The number of aryl methyl sites for hydroxylation is 1. The van der Waals surface area contributed by atoms with E-state index in [0.717, 1.165) is 36.0 Å². The fraction of sp³-hybridized carbons (Fsp3) is 0.286. The number of fused-ring (bicyclic) bond motifs is 3. The van der Waals surface area contributed by atoms with E-state index in [-0.39, 0.29) is 5.91 Å². The van der Waals surface area contributed by atoms with Gasteiger partial charge in [0.2, 0.25) is 0 Å². The van der Waals surface area contributed by atoms with E-state index in [1.807, 2.05) is 53.9 Å². The van der Waals surface area contributed by atoms with Crippen molar-refractivity contribution >= 4 is 22.5 Å². The third-order valence-corrected chi connectivity index (χ3v) is 5.01. The summed E-state index contributed by atoms with van der Waals surface area (Å²) in [6, 6.07) is 16.2. The molecule has 2 aromatic carbocycles. The van der Waals surface area contributed by atoms with Gasteiger partial charge in [-0.15, -0.1) is 0 Å². The van der Waals surface area contributed by atoms with Gasteiger partial charge in [0.15, 0.2) is 0 Å². The third kappa shape index (κ3) is 2.32. The molecule has 1 heterocycles. The van der Waals surface area contributed by atoms with Crippen molar-refractivity contribution in [2.75, 3.05) is 19.0 Å². The van der Waals surface area contributed by atoms with E-state index in [0.29, 0.717) is 0 Å². The molecule has 0 fully saturated rings. The van der Waals surface area contributed by atoms with Crippen LogP contribution in [0.15, 0.2) is 48.5 Å². The Labute approximate surface area is 142 Å². The second-order valence-electron chi connectivity index (χ2n) is 6.73. The first kappa shape index (κ1) is 15.0. The molecule has 0 amide bonds. The Morgan fingerprint density at radius 1 is 0.958 bits per heavy atom. The number of anilines is 1.